The van der Waals surface area contributed by atoms with Crippen LogP contribution in [0.3, 0.4) is 0 Å². The van der Waals surface area contributed by atoms with Gasteiger partial charge < -0.3 is 4.74 Å². The first-order valence-electron chi connectivity index (χ1n) is 5.72. The number of nitrogens with zero attached hydrogens (tertiary/aromatic N) is 1. The predicted octanol–water partition coefficient (Wildman–Crippen LogP) is 2.85. The minimum atomic E-state index is -3.71. The highest BCUT2D eigenvalue weighted by Crippen LogP contribution is 2.26. The number of aromatic nitrogens is 1. The van der Waals surface area contributed by atoms with E-state index in [0.29, 0.717) is 11.3 Å². The van der Waals surface area contributed by atoms with E-state index in [1.165, 1.54) is 25.4 Å². The summed E-state index contributed by atoms with van der Waals surface area (Å²) in [6.45, 7) is 1.75. The van der Waals surface area contributed by atoms with Gasteiger partial charge in [-0.25, -0.2) is 13.4 Å². The largest absolute Gasteiger partial charge is 0.497 e. The molecular formula is C13H13ClN2O3S. The number of anilines is 1. The zero-order valence-corrected chi connectivity index (χ0v) is 12.5. The third-order valence-electron chi connectivity index (χ3n) is 2.72. The molecule has 1 aromatic carbocycles. The fourth-order valence-electron chi connectivity index (χ4n) is 1.60. The van der Waals surface area contributed by atoms with Crippen molar-refractivity contribution >= 4 is 27.3 Å². The van der Waals surface area contributed by atoms with Crippen LogP contribution in [0.2, 0.25) is 5.15 Å². The van der Waals surface area contributed by atoms with Crippen LogP contribution in [0.25, 0.3) is 0 Å². The van der Waals surface area contributed by atoms with Gasteiger partial charge in [-0.05, 0) is 42.8 Å². The van der Waals surface area contributed by atoms with Crippen LogP contribution in [0.1, 0.15) is 5.56 Å². The summed E-state index contributed by atoms with van der Waals surface area (Å²) < 4.78 is 32.0. The first-order chi connectivity index (χ1) is 9.44. The number of pyridine rings is 1. The third kappa shape index (κ3) is 3.02. The highest BCUT2D eigenvalue weighted by atomic mass is 35.5. The molecule has 0 spiro atoms. The fraction of sp³-hybridized carbons (Fsp3) is 0.154. The summed E-state index contributed by atoms with van der Waals surface area (Å²) in [4.78, 5) is 3.99. The second kappa shape index (κ2) is 5.68. The molecule has 7 heteroatoms. The molecule has 1 aromatic heterocycles. The topological polar surface area (TPSA) is 68.3 Å². The van der Waals surface area contributed by atoms with Gasteiger partial charge in [0.1, 0.15) is 5.75 Å². The van der Waals surface area contributed by atoms with Crippen LogP contribution in [0.5, 0.6) is 5.75 Å². The molecule has 5 nitrogen and oxygen atoms in total. The molecule has 1 N–H and O–H groups in total. The van der Waals surface area contributed by atoms with Crippen molar-refractivity contribution in [1.29, 1.82) is 0 Å². The Labute approximate surface area is 122 Å². The number of hydrogen-bond acceptors (Lipinski definition) is 4. The van der Waals surface area contributed by atoms with Crippen molar-refractivity contribution in [1.82, 2.24) is 4.98 Å². The molecule has 0 aliphatic carbocycles. The molecule has 0 unspecified atom stereocenters. The fourth-order valence-corrected chi connectivity index (χ4v) is 3.04. The van der Waals surface area contributed by atoms with Crippen molar-refractivity contribution < 1.29 is 13.2 Å². The predicted molar refractivity (Wildman–Crippen MR) is 77.8 cm³/mol. The minimum Gasteiger partial charge on any atom is -0.497 e. The normalized spacial score (nSPS) is 11.2. The standard InChI is InChI=1S/C13H13ClN2O3S/c1-9-7-8-15-13(14)12(9)16-20(17,18)11-5-3-10(19-2)4-6-11/h3-8,16H,1-2H3. The minimum absolute atomic E-state index is 0.113. The lowest BCUT2D eigenvalue weighted by molar-refractivity contribution is 0.414. The van der Waals surface area contributed by atoms with Crippen molar-refractivity contribution in [3.05, 3.63) is 47.2 Å². The highest BCUT2D eigenvalue weighted by molar-refractivity contribution is 7.92. The average Bonchev–Trinajstić information content (AvgIpc) is 2.43. The molecule has 0 bridgehead atoms. The van der Waals surface area contributed by atoms with Gasteiger partial charge in [0.15, 0.2) is 5.15 Å². The van der Waals surface area contributed by atoms with Gasteiger partial charge >= 0.3 is 0 Å². The zero-order valence-electron chi connectivity index (χ0n) is 10.9. The number of nitrogens with one attached hydrogen (secondary N) is 1. The Morgan fingerprint density at radius 1 is 1.20 bits per heavy atom. The molecule has 2 rings (SSSR count). The van der Waals surface area contributed by atoms with E-state index in [-0.39, 0.29) is 15.7 Å². The maximum Gasteiger partial charge on any atom is 0.262 e. The molecule has 0 fully saturated rings. The molecule has 0 amide bonds. The van der Waals surface area contributed by atoms with Gasteiger partial charge in [-0.1, -0.05) is 11.6 Å². The van der Waals surface area contributed by atoms with Crippen LogP contribution in [0.15, 0.2) is 41.4 Å². The number of ether oxygens (including phenoxy) is 1. The SMILES string of the molecule is COc1ccc(S(=O)(=O)Nc2c(C)ccnc2Cl)cc1. The second-order valence-electron chi connectivity index (χ2n) is 4.07. The summed E-state index contributed by atoms with van der Waals surface area (Å²) in [6, 6.07) is 7.75. The van der Waals surface area contributed by atoms with E-state index in [1.54, 1.807) is 25.1 Å². The van der Waals surface area contributed by atoms with E-state index >= 15 is 0 Å². The van der Waals surface area contributed by atoms with Gasteiger partial charge in [0.25, 0.3) is 10.0 Å². The molecule has 1 heterocycles. The number of sulfonamides is 1. The third-order valence-corrected chi connectivity index (χ3v) is 4.37. The average molecular weight is 313 g/mol. The van der Waals surface area contributed by atoms with E-state index in [1.807, 2.05) is 0 Å². The van der Waals surface area contributed by atoms with Gasteiger partial charge in [0.2, 0.25) is 0 Å². The van der Waals surface area contributed by atoms with E-state index in [2.05, 4.69) is 9.71 Å². The van der Waals surface area contributed by atoms with Gasteiger partial charge in [0, 0.05) is 6.20 Å². The molecule has 0 saturated heterocycles. The molecule has 0 radical (unpaired) electrons. The lowest BCUT2D eigenvalue weighted by Crippen LogP contribution is -2.14. The number of hydrogen-bond donors (Lipinski definition) is 1. The van der Waals surface area contributed by atoms with Crippen LogP contribution >= 0.6 is 11.6 Å². The van der Waals surface area contributed by atoms with Crippen LogP contribution in [-0.2, 0) is 10.0 Å². The van der Waals surface area contributed by atoms with Gasteiger partial charge in [-0.15, -0.1) is 0 Å². The monoisotopic (exact) mass is 312 g/mol. The number of aryl methyl sites for hydroxylation is 1. The highest BCUT2D eigenvalue weighted by Gasteiger charge is 2.17. The molecule has 0 aliphatic heterocycles. The van der Waals surface area contributed by atoms with Gasteiger partial charge in [-0.3, -0.25) is 4.72 Å². The number of rotatable bonds is 4. The Morgan fingerprint density at radius 2 is 1.85 bits per heavy atom. The Morgan fingerprint density at radius 3 is 2.40 bits per heavy atom. The van der Waals surface area contributed by atoms with Crippen LogP contribution in [-0.4, -0.2) is 20.5 Å². The van der Waals surface area contributed by atoms with Crippen LogP contribution in [0, 0.1) is 6.92 Å². The summed E-state index contributed by atoms with van der Waals surface area (Å²) in [5.41, 5.74) is 0.979. The maximum absolute atomic E-state index is 12.3. The molecule has 2 aromatic rings. The summed E-state index contributed by atoms with van der Waals surface area (Å²) in [5, 5.41) is 0.113. The Kier molecular flexibility index (Phi) is 4.15. The van der Waals surface area contributed by atoms with E-state index in [9.17, 15) is 8.42 Å². The maximum atomic E-state index is 12.3. The summed E-state index contributed by atoms with van der Waals surface area (Å²) in [5.74, 6) is 0.583. The molecule has 0 aliphatic rings. The van der Waals surface area contributed by atoms with Crippen molar-refractivity contribution in [2.75, 3.05) is 11.8 Å². The summed E-state index contributed by atoms with van der Waals surface area (Å²) >= 11 is 5.91. The van der Waals surface area contributed by atoms with Gasteiger partial charge in [0.05, 0.1) is 17.7 Å². The number of methoxy groups -OCH3 is 1. The summed E-state index contributed by atoms with van der Waals surface area (Å²) in [6.07, 6.45) is 1.52. The van der Waals surface area contributed by atoms with Crippen molar-refractivity contribution in [3.8, 4) is 5.75 Å². The second-order valence-corrected chi connectivity index (χ2v) is 6.12. The van der Waals surface area contributed by atoms with Crippen LogP contribution < -0.4 is 9.46 Å². The van der Waals surface area contributed by atoms with E-state index in [4.69, 9.17) is 16.3 Å². The molecule has 0 saturated carbocycles. The van der Waals surface area contributed by atoms with Crippen molar-refractivity contribution in [2.24, 2.45) is 0 Å². The first-order valence-corrected chi connectivity index (χ1v) is 7.58. The zero-order chi connectivity index (χ0) is 14.8. The number of benzene rings is 1. The van der Waals surface area contributed by atoms with Crippen molar-refractivity contribution in [2.45, 2.75) is 11.8 Å². The summed E-state index contributed by atoms with van der Waals surface area (Å²) in [7, 11) is -2.20. The first kappa shape index (κ1) is 14.6. The van der Waals surface area contributed by atoms with Crippen LogP contribution in [0.4, 0.5) is 5.69 Å². The Hall–Kier alpha value is -1.79. The smallest absolute Gasteiger partial charge is 0.262 e. The van der Waals surface area contributed by atoms with E-state index < -0.39 is 10.0 Å². The Bertz CT molecular complexity index is 695. The molecule has 106 valence electrons. The molecule has 20 heavy (non-hydrogen) atoms. The molecule has 0 atom stereocenters. The van der Waals surface area contributed by atoms with Gasteiger partial charge in [-0.2, -0.15) is 0 Å². The quantitative estimate of drug-likeness (QED) is 0.881. The molecular weight excluding hydrogens is 300 g/mol. The Balaban J connectivity index is 2.35. The van der Waals surface area contributed by atoms with E-state index in [0.717, 1.165) is 0 Å². The van der Waals surface area contributed by atoms with Crippen molar-refractivity contribution in [3.63, 3.8) is 0 Å². The number of halogens is 1. The lowest BCUT2D eigenvalue weighted by Gasteiger charge is -2.11. The lowest BCUT2D eigenvalue weighted by atomic mass is 10.3.